The molecule has 1 aromatic carbocycles. The zero-order chi connectivity index (χ0) is 10.7. The molecule has 0 amide bonds. The van der Waals surface area contributed by atoms with E-state index in [0.717, 1.165) is 16.5 Å². The van der Waals surface area contributed by atoms with E-state index >= 15 is 0 Å². The molecule has 1 aromatic heterocycles. The van der Waals surface area contributed by atoms with Crippen LogP contribution in [-0.2, 0) is 6.54 Å². The quantitative estimate of drug-likeness (QED) is 0.834. The number of hydrogen-bond donors (Lipinski definition) is 2. The van der Waals surface area contributed by atoms with E-state index in [-0.39, 0.29) is 0 Å². The Hall–Kier alpha value is -1.62. The molecule has 0 aliphatic carbocycles. The maximum atomic E-state index is 9.52. The van der Waals surface area contributed by atoms with Gasteiger partial charge in [-0.05, 0) is 13.0 Å². The van der Waals surface area contributed by atoms with Crippen molar-refractivity contribution in [2.75, 3.05) is 5.32 Å². The van der Waals surface area contributed by atoms with Gasteiger partial charge in [0.05, 0.1) is 0 Å². The van der Waals surface area contributed by atoms with Crippen molar-refractivity contribution in [3.8, 4) is 5.75 Å². The summed E-state index contributed by atoms with van der Waals surface area (Å²) in [5.74, 6) is 1.06. The molecule has 0 atom stereocenters. The van der Waals surface area contributed by atoms with E-state index in [9.17, 15) is 5.11 Å². The normalized spacial score (nSPS) is 10.2. The Kier molecular flexibility index (Phi) is 2.82. The number of nitrogens with one attached hydrogen (secondary N) is 1. The van der Waals surface area contributed by atoms with E-state index in [2.05, 4.69) is 14.7 Å². The molecule has 0 unspecified atom stereocenters. The van der Waals surface area contributed by atoms with Gasteiger partial charge in [0.1, 0.15) is 11.6 Å². The Morgan fingerprint density at radius 3 is 2.87 bits per heavy atom. The molecule has 78 valence electrons. The number of phenolic OH excluding ortho intramolecular Hbond substituents is 1. The van der Waals surface area contributed by atoms with Crippen molar-refractivity contribution >= 4 is 16.7 Å². The maximum absolute atomic E-state index is 9.52. The zero-order valence-corrected chi connectivity index (χ0v) is 9.08. The Balaban J connectivity index is 2.02. The van der Waals surface area contributed by atoms with Gasteiger partial charge >= 0.3 is 0 Å². The summed E-state index contributed by atoms with van der Waals surface area (Å²) in [7, 11) is 0. The lowest BCUT2D eigenvalue weighted by Crippen LogP contribution is -1.98. The Labute approximate surface area is 91.8 Å². The summed E-state index contributed by atoms with van der Waals surface area (Å²) in [5.41, 5.74) is 0.852. The van der Waals surface area contributed by atoms with Crippen LogP contribution in [0.5, 0.6) is 5.75 Å². The van der Waals surface area contributed by atoms with E-state index in [1.165, 1.54) is 11.5 Å². The van der Waals surface area contributed by atoms with Crippen LogP contribution in [0.3, 0.4) is 0 Å². The van der Waals surface area contributed by atoms with Crippen LogP contribution in [0.15, 0.2) is 24.3 Å². The third kappa shape index (κ3) is 2.44. The van der Waals surface area contributed by atoms with Crippen LogP contribution in [0, 0.1) is 6.92 Å². The van der Waals surface area contributed by atoms with E-state index in [1.807, 2.05) is 19.1 Å². The molecule has 2 rings (SSSR count). The standard InChI is InChI=1S/C10H11N3OS/c1-7-12-10(15-13-7)11-6-8-4-2-3-5-9(8)14/h2-5,14H,6H2,1H3,(H,11,12,13). The number of anilines is 1. The molecule has 0 aliphatic rings. The SMILES string of the molecule is Cc1nsc(NCc2ccccc2O)n1. The first-order chi connectivity index (χ1) is 7.25. The first kappa shape index (κ1) is 9.92. The highest BCUT2D eigenvalue weighted by atomic mass is 32.1. The second-order valence-corrected chi connectivity index (χ2v) is 3.88. The minimum Gasteiger partial charge on any atom is -0.508 e. The smallest absolute Gasteiger partial charge is 0.202 e. The van der Waals surface area contributed by atoms with Crippen molar-refractivity contribution in [3.05, 3.63) is 35.7 Å². The van der Waals surface area contributed by atoms with Gasteiger partial charge in [0, 0.05) is 23.6 Å². The largest absolute Gasteiger partial charge is 0.508 e. The number of rotatable bonds is 3. The van der Waals surface area contributed by atoms with Crippen molar-refractivity contribution in [2.24, 2.45) is 0 Å². The number of aryl methyl sites for hydroxylation is 1. The summed E-state index contributed by atoms with van der Waals surface area (Å²) >= 11 is 1.32. The van der Waals surface area contributed by atoms with Gasteiger partial charge in [-0.1, -0.05) is 18.2 Å². The average Bonchev–Trinajstić information content (AvgIpc) is 2.63. The van der Waals surface area contributed by atoms with Crippen molar-refractivity contribution in [1.82, 2.24) is 9.36 Å². The lowest BCUT2D eigenvalue weighted by atomic mass is 10.2. The van der Waals surface area contributed by atoms with Gasteiger partial charge in [-0.25, -0.2) is 4.98 Å². The molecule has 0 spiro atoms. The topological polar surface area (TPSA) is 58.0 Å². The highest BCUT2D eigenvalue weighted by molar-refractivity contribution is 7.09. The number of phenols is 1. The monoisotopic (exact) mass is 221 g/mol. The Bertz CT molecular complexity index is 455. The Morgan fingerprint density at radius 2 is 2.20 bits per heavy atom. The minimum absolute atomic E-state index is 0.297. The fourth-order valence-corrected chi connectivity index (χ4v) is 1.77. The Morgan fingerprint density at radius 1 is 1.40 bits per heavy atom. The van der Waals surface area contributed by atoms with Crippen LogP contribution in [0.4, 0.5) is 5.13 Å². The first-order valence-corrected chi connectivity index (χ1v) is 5.34. The molecule has 4 nitrogen and oxygen atoms in total. The predicted molar refractivity (Wildman–Crippen MR) is 60.1 cm³/mol. The second-order valence-electron chi connectivity index (χ2n) is 3.13. The molecule has 0 radical (unpaired) electrons. The third-order valence-electron chi connectivity index (χ3n) is 1.95. The van der Waals surface area contributed by atoms with Crippen LogP contribution in [-0.4, -0.2) is 14.5 Å². The fraction of sp³-hybridized carbons (Fsp3) is 0.200. The summed E-state index contributed by atoms with van der Waals surface area (Å²) in [5, 5.41) is 13.4. The summed E-state index contributed by atoms with van der Waals surface area (Å²) in [6, 6.07) is 7.23. The van der Waals surface area contributed by atoms with Gasteiger partial charge in [-0.15, -0.1) is 0 Å². The average molecular weight is 221 g/mol. The van der Waals surface area contributed by atoms with Crippen molar-refractivity contribution < 1.29 is 5.11 Å². The molecule has 0 saturated carbocycles. The second kappa shape index (κ2) is 4.27. The highest BCUT2D eigenvalue weighted by Crippen LogP contribution is 2.18. The summed E-state index contributed by atoms with van der Waals surface area (Å²) < 4.78 is 4.06. The van der Waals surface area contributed by atoms with Crippen molar-refractivity contribution in [2.45, 2.75) is 13.5 Å². The summed E-state index contributed by atoms with van der Waals surface area (Å²) in [4.78, 5) is 4.17. The fourth-order valence-electron chi connectivity index (χ4n) is 1.20. The minimum atomic E-state index is 0.297. The zero-order valence-electron chi connectivity index (χ0n) is 8.27. The van der Waals surface area contributed by atoms with Gasteiger partial charge < -0.3 is 10.4 Å². The molecule has 15 heavy (non-hydrogen) atoms. The predicted octanol–water partition coefficient (Wildman–Crippen LogP) is 2.16. The van der Waals surface area contributed by atoms with Gasteiger partial charge in [0.2, 0.25) is 5.13 Å². The molecular weight excluding hydrogens is 210 g/mol. The molecule has 0 fully saturated rings. The summed E-state index contributed by atoms with van der Waals surface area (Å²) in [6.07, 6.45) is 0. The molecule has 1 heterocycles. The number of benzene rings is 1. The molecule has 5 heteroatoms. The van der Waals surface area contributed by atoms with Crippen LogP contribution in [0.1, 0.15) is 11.4 Å². The van der Waals surface area contributed by atoms with Crippen LogP contribution in [0.2, 0.25) is 0 Å². The van der Waals surface area contributed by atoms with Gasteiger partial charge in [-0.3, -0.25) is 0 Å². The number of hydrogen-bond acceptors (Lipinski definition) is 5. The maximum Gasteiger partial charge on any atom is 0.202 e. The van der Waals surface area contributed by atoms with Crippen LogP contribution in [0.25, 0.3) is 0 Å². The number of aromatic hydroxyl groups is 1. The van der Waals surface area contributed by atoms with E-state index in [4.69, 9.17) is 0 Å². The lowest BCUT2D eigenvalue weighted by Gasteiger charge is -2.04. The highest BCUT2D eigenvalue weighted by Gasteiger charge is 2.02. The van der Waals surface area contributed by atoms with Crippen LogP contribution < -0.4 is 5.32 Å². The van der Waals surface area contributed by atoms with Gasteiger partial charge in [-0.2, -0.15) is 4.37 Å². The van der Waals surface area contributed by atoms with Crippen LogP contribution >= 0.6 is 11.5 Å². The number of aromatic nitrogens is 2. The molecule has 0 bridgehead atoms. The summed E-state index contributed by atoms with van der Waals surface area (Å²) in [6.45, 7) is 2.41. The molecule has 2 aromatic rings. The van der Waals surface area contributed by atoms with Gasteiger partial charge in [0.25, 0.3) is 0 Å². The van der Waals surface area contributed by atoms with E-state index < -0.39 is 0 Å². The van der Waals surface area contributed by atoms with E-state index in [0.29, 0.717) is 12.3 Å². The lowest BCUT2D eigenvalue weighted by molar-refractivity contribution is 0.469. The third-order valence-corrected chi connectivity index (χ3v) is 2.71. The van der Waals surface area contributed by atoms with Crippen molar-refractivity contribution in [1.29, 1.82) is 0 Å². The van der Waals surface area contributed by atoms with E-state index in [1.54, 1.807) is 12.1 Å². The molecule has 0 aliphatic heterocycles. The van der Waals surface area contributed by atoms with Gasteiger partial charge in [0.15, 0.2) is 0 Å². The van der Waals surface area contributed by atoms with Crippen molar-refractivity contribution in [3.63, 3.8) is 0 Å². The molecule has 0 saturated heterocycles. The first-order valence-electron chi connectivity index (χ1n) is 4.57. The molecular formula is C10H11N3OS. The molecule has 2 N–H and O–H groups in total. The number of para-hydroxylation sites is 1. The number of nitrogens with zero attached hydrogens (tertiary/aromatic N) is 2.